The van der Waals surface area contributed by atoms with Gasteiger partial charge in [-0.05, 0) is 30.2 Å². The van der Waals surface area contributed by atoms with E-state index in [4.69, 9.17) is 5.26 Å². The predicted molar refractivity (Wildman–Crippen MR) is 81.1 cm³/mol. The molecule has 2 atom stereocenters. The molecule has 0 amide bonds. The Bertz CT molecular complexity index is 785. The Morgan fingerprint density at radius 3 is 2.71 bits per heavy atom. The van der Waals surface area contributed by atoms with Gasteiger partial charge >= 0.3 is 6.18 Å². The van der Waals surface area contributed by atoms with Crippen LogP contribution in [-0.4, -0.2) is 22.7 Å². The number of pyridine rings is 1. The molecule has 0 radical (unpaired) electrons. The summed E-state index contributed by atoms with van der Waals surface area (Å²) in [5.74, 6) is 0.382. The Kier molecular flexibility index (Phi) is 4.16. The van der Waals surface area contributed by atoms with Gasteiger partial charge in [0.05, 0.1) is 29.3 Å². The highest BCUT2D eigenvalue weighted by atomic mass is 19.4. The molecular formula is C17H14F3N3O. The Morgan fingerprint density at radius 2 is 2.00 bits per heavy atom. The Balaban J connectivity index is 2.05. The molecule has 0 saturated carbocycles. The third-order valence-electron chi connectivity index (χ3n) is 4.07. The molecule has 0 spiro atoms. The van der Waals surface area contributed by atoms with E-state index in [9.17, 15) is 18.3 Å². The molecule has 2 heterocycles. The van der Waals surface area contributed by atoms with Gasteiger partial charge in [0.15, 0.2) is 0 Å². The molecule has 1 aliphatic heterocycles. The van der Waals surface area contributed by atoms with Gasteiger partial charge in [0.25, 0.3) is 0 Å². The molecule has 1 aliphatic rings. The van der Waals surface area contributed by atoms with Crippen molar-refractivity contribution in [1.82, 2.24) is 4.98 Å². The minimum absolute atomic E-state index is 0.103. The highest BCUT2D eigenvalue weighted by Gasteiger charge is 2.40. The van der Waals surface area contributed by atoms with E-state index in [0.29, 0.717) is 11.4 Å². The van der Waals surface area contributed by atoms with Gasteiger partial charge in [-0.1, -0.05) is 18.2 Å². The molecule has 1 fully saturated rings. The van der Waals surface area contributed by atoms with E-state index >= 15 is 0 Å². The van der Waals surface area contributed by atoms with Crippen LogP contribution in [0.15, 0.2) is 42.6 Å². The minimum atomic E-state index is -4.47. The van der Waals surface area contributed by atoms with Gasteiger partial charge in [-0.15, -0.1) is 0 Å². The van der Waals surface area contributed by atoms with E-state index < -0.39 is 23.9 Å². The largest absolute Gasteiger partial charge is 0.416 e. The second-order valence-corrected chi connectivity index (χ2v) is 5.66. The molecule has 0 bridgehead atoms. The third-order valence-corrected chi connectivity index (χ3v) is 4.07. The number of aromatic nitrogens is 1. The zero-order valence-electron chi connectivity index (χ0n) is 12.5. The van der Waals surface area contributed by atoms with Gasteiger partial charge in [-0.2, -0.15) is 18.4 Å². The molecule has 2 unspecified atom stereocenters. The number of aliphatic hydroxyl groups excluding tert-OH is 1. The molecule has 1 saturated heterocycles. The summed E-state index contributed by atoms with van der Waals surface area (Å²) in [6.07, 6.45) is -3.63. The fourth-order valence-corrected chi connectivity index (χ4v) is 3.05. The van der Waals surface area contributed by atoms with Crippen LogP contribution < -0.4 is 4.90 Å². The van der Waals surface area contributed by atoms with Crippen LogP contribution >= 0.6 is 0 Å². The molecular weight excluding hydrogens is 319 g/mol. The summed E-state index contributed by atoms with van der Waals surface area (Å²) in [5, 5.41) is 19.0. The number of nitrogens with zero attached hydrogens (tertiary/aromatic N) is 3. The first-order valence-electron chi connectivity index (χ1n) is 7.37. The topological polar surface area (TPSA) is 60.2 Å². The van der Waals surface area contributed by atoms with E-state index in [2.05, 4.69) is 4.98 Å². The van der Waals surface area contributed by atoms with Crippen molar-refractivity contribution in [3.8, 4) is 6.07 Å². The van der Waals surface area contributed by atoms with Gasteiger partial charge in [0.1, 0.15) is 5.82 Å². The lowest BCUT2D eigenvalue weighted by Crippen LogP contribution is -2.26. The van der Waals surface area contributed by atoms with Gasteiger partial charge in [-0.25, -0.2) is 4.98 Å². The minimum Gasteiger partial charge on any atom is -0.391 e. The van der Waals surface area contributed by atoms with Crippen molar-refractivity contribution in [1.29, 1.82) is 5.26 Å². The lowest BCUT2D eigenvalue weighted by atomic mass is 9.97. The van der Waals surface area contributed by atoms with Crippen molar-refractivity contribution in [2.75, 3.05) is 11.4 Å². The van der Waals surface area contributed by atoms with Crippen molar-refractivity contribution >= 4 is 5.82 Å². The lowest BCUT2D eigenvalue weighted by Gasteiger charge is -2.28. The highest BCUT2D eigenvalue weighted by molar-refractivity contribution is 5.50. The summed E-state index contributed by atoms with van der Waals surface area (Å²) >= 11 is 0. The fraction of sp³-hybridized carbons (Fsp3) is 0.294. The Morgan fingerprint density at radius 1 is 1.25 bits per heavy atom. The molecule has 1 N–H and O–H groups in total. The summed E-state index contributed by atoms with van der Waals surface area (Å²) < 4.78 is 39.9. The van der Waals surface area contributed by atoms with Crippen molar-refractivity contribution in [3.63, 3.8) is 0 Å². The molecule has 7 heteroatoms. The number of hydrogen-bond acceptors (Lipinski definition) is 4. The van der Waals surface area contributed by atoms with Gasteiger partial charge < -0.3 is 10.0 Å². The first-order valence-corrected chi connectivity index (χ1v) is 7.37. The number of alkyl halides is 3. The second-order valence-electron chi connectivity index (χ2n) is 5.66. The number of halogens is 3. The molecule has 0 aliphatic carbocycles. The predicted octanol–water partition coefficient (Wildman–Crippen LogP) is 3.28. The smallest absolute Gasteiger partial charge is 0.391 e. The second kappa shape index (κ2) is 6.13. The van der Waals surface area contributed by atoms with E-state index in [1.54, 1.807) is 11.0 Å². The number of β-amino-alcohol motifs (C(OH)–C–C–N with tert-alkyl or cyclic N) is 1. The summed E-state index contributed by atoms with van der Waals surface area (Å²) in [4.78, 5) is 5.77. The number of anilines is 1. The van der Waals surface area contributed by atoms with Crippen LogP contribution in [0.3, 0.4) is 0 Å². The quantitative estimate of drug-likeness (QED) is 0.916. The summed E-state index contributed by atoms with van der Waals surface area (Å²) in [5.41, 5.74) is -0.250. The van der Waals surface area contributed by atoms with E-state index in [-0.39, 0.29) is 18.5 Å². The van der Waals surface area contributed by atoms with Crippen LogP contribution in [0, 0.1) is 11.3 Å². The maximum atomic E-state index is 13.3. The number of nitriles is 1. The third kappa shape index (κ3) is 3.05. The van der Waals surface area contributed by atoms with E-state index in [0.717, 1.165) is 6.07 Å². The maximum absolute atomic E-state index is 13.3. The molecule has 1 aromatic heterocycles. The SMILES string of the molecule is N#Cc1ccnc(N2CC(O)CC2c2ccccc2C(F)(F)F)c1. The number of rotatable bonds is 2. The zero-order valence-corrected chi connectivity index (χ0v) is 12.5. The Hall–Kier alpha value is -2.59. The van der Waals surface area contributed by atoms with Crippen molar-refractivity contribution in [2.24, 2.45) is 0 Å². The van der Waals surface area contributed by atoms with Crippen molar-refractivity contribution in [3.05, 3.63) is 59.3 Å². The molecule has 4 nitrogen and oxygen atoms in total. The van der Waals surface area contributed by atoms with Gasteiger partial charge in [-0.3, -0.25) is 0 Å². The summed E-state index contributed by atoms with van der Waals surface area (Å²) in [6, 6.07) is 9.72. The molecule has 124 valence electrons. The first kappa shape index (κ1) is 16.3. The van der Waals surface area contributed by atoms with Gasteiger partial charge in [0.2, 0.25) is 0 Å². The lowest BCUT2D eigenvalue weighted by molar-refractivity contribution is -0.138. The van der Waals surface area contributed by atoms with Crippen molar-refractivity contribution < 1.29 is 18.3 Å². The molecule has 2 aromatic rings. The normalized spacial score (nSPS) is 20.9. The molecule has 24 heavy (non-hydrogen) atoms. The van der Waals surface area contributed by atoms with E-state index in [1.165, 1.54) is 30.5 Å². The molecule has 3 rings (SSSR count). The van der Waals surface area contributed by atoms with Crippen molar-refractivity contribution in [2.45, 2.75) is 24.7 Å². The maximum Gasteiger partial charge on any atom is 0.416 e. The van der Waals surface area contributed by atoms with E-state index in [1.807, 2.05) is 6.07 Å². The average molecular weight is 333 g/mol. The zero-order chi connectivity index (χ0) is 17.3. The number of benzene rings is 1. The highest BCUT2D eigenvalue weighted by Crippen LogP contribution is 2.41. The van der Waals surface area contributed by atoms with Gasteiger partial charge in [0, 0.05) is 12.7 Å². The van der Waals surface area contributed by atoms with Crippen LogP contribution in [0.25, 0.3) is 0 Å². The standard InChI is InChI=1S/C17H14F3N3O/c18-17(19,20)14-4-2-1-3-13(14)15-8-12(24)10-23(15)16-7-11(9-21)5-6-22-16/h1-7,12,15,24H,8,10H2. The van der Waals surface area contributed by atoms with Crippen LogP contribution in [0.1, 0.15) is 29.2 Å². The summed E-state index contributed by atoms with van der Waals surface area (Å²) in [7, 11) is 0. The van der Waals surface area contributed by atoms with Crippen LogP contribution in [0.2, 0.25) is 0 Å². The first-order chi connectivity index (χ1) is 11.4. The average Bonchev–Trinajstić information content (AvgIpc) is 2.96. The fourth-order valence-electron chi connectivity index (χ4n) is 3.05. The van der Waals surface area contributed by atoms with Crippen LogP contribution in [0.5, 0.6) is 0 Å². The Labute approximate surface area is 136 Å². The number of aliphatic hydroxyl groups is 1. The van der Waals surface area contributed by atoms with Crippen LogP contribution in [0.4, 0.5) is 19.0 Å². The monoisotopic (exact) mass is 333 g/mol. The summed E-state index contributed by atoms with van der Waals surface area (Å²) in [6.45, 7) is 0.165. The molecule has 1 aromatic carbocycles. The van der Waals surface area contributed by atoms with Crippen LogP contribution in [-0.2, 0) is 6.18 Å². The number of hydrogen-bond donors (Lipinski definition) is 1.